The van der Waals surface area contributed by atoms with Gasteiger partial charge >= 0.3 is 5.97 Å². The second kappa shape index (κ2) is 14.2. The van der Waals surface area contributed by atoms with Crippen molar-refractivity contribution < 1.29 is 22.7 Å². The first-order chi connectivity index (χ1) is 15.4. The van der Waals surface area contributed by atoms with E-state index in [4.69, 9.17) is 21.1 Å². The molecule has 176 valence electrons. The van der Waals surface area contributed by atoms with Crippen molar-refractivity contribution in [1.29, 1.82) is 0 Å². The minimum Gasteiger partial charge on any atom is -0.466 e. The topological polar surface area (TPSA) is 94.6 Å². The molecule has 1 unspecified atom stereocenters. The van der Waals surface area contributed by atoms with Crippen LogP contribution in [-0.4, -0.2) is 45.2 Å². The molecule has 1 aromatic carbocycles. The number of halogens is 1. The van der Waals surface area contributed by atoms with Crippen molar-refractivity contribution in [2.24, 2.45) is 0 Å². The summed E-state index contributed by atoms with van der Waals surface area (Å²) in [6.07, 6.45) is 7.48. The maximum atomic E-state index is 12.3. The molecule has 1 heterocycles. The van der Waals surface area contributed by atoms with Crippen molar-refractivity contribution in [3.63, 3.8) is 0 Å². The molecule has 0 saturated heterocycles. The minimum atomic E-state index is -3.58. The quantitative estimate of drug-likeness (QED) is 0.302. The zero-order valence-electron chi connectivity index (χ0n) is 18.3. The SMILES string of the molecule is CCOC(=O)CCC(CCCc1cccnc1)OCCCNS(=O)(=O)c1ccc(Cl)cc1. The number of pyridine rings is 1. The van der Waals surface area contributed by atoms with Crippen LogP contribution >= 0.6 is 11.6 Å². The monoisotopic (exact) mass is 482 g/mol. The standard InChI is InChI=1S/C23H31ClN2O5S/c1-2-30-23(27)14-11-21(8-3-6-19-7-4-15-25-18-19)31-17-5-16-26-32(28,29)22-12-9-20(24)10-13-22/h4,7,9-10,12-13,15,18,21,26H,2-3,5-6,8,11,14,16-17H2,1H3. The van der Waals surface area contributed by atoms with Crippen molar-refractivity contribution in [2.75, 3.05) is 19.8 Å². The second-order valence-corrected chi connectivity index (χ2v) is 9.50. The zero-order chi connectivity index (χ0) is 23.2. The lowest BCUT2D eigenvalue weighted by molar-refractivity contribution is -0.144. The summed E-state index contributed by atoms with van der Waals surface area (Å²) >= 11 is 5.81. The van der Waals surface area contributed by atoms with Crippen LogP contribution in [0.4, 0.5) is 0 Å². The molecule has 7 nitrogen and oxygen atoms in total. The Labute approximate surface area is 195 Å². The van der Waals surface area contributed by atoms with Gasteiger partial charge in [-0.15, -0.1) is 0 Å². The average Bonchev–Trinajstić information content (AvgIpc) is 2.78. The van der Waals surface area contributed by atoms with E-state index in [-0.39, 0.29) is 23.5 Å². The van der Waals surface area contributed by atoms with Crippen LogP contribution in [0, 0.1) is 0 Å². The van der Waals surface area contributed by atoms with Crippen molar-refractivity contribution in [3.8, 4) is 0 Å². The number of carbonyl (C=O) groups excluding carboxylic acids is 1. The highest BCUT2D eigenvalue weighted by Crippen LogP contribution is 2.15. The summed E-state index contributed by atoms with van der Waals surface area (Å²) in [5, 5.41) is 0.481. The molecule has 32 heavy (non-hydrogen) atoms. The van der Waals surface area contributed by atoms with Gasteiger partial charge in [0.25, 0.3) is 0 Å². The normalized spacial score (nSPS) is 12.4. The fourth-order valence-electron chi connectivity index (χ4n) is 3.13. The van der Waals surface area contributed by atoms with E-state index in [2.05, 4.69) is 9.71 Å². The molecule has 1 aromatic heterocycles. The van der Waals surface area contributed by atoms with Gasteiger partial charge in [0.15, 0.2) is 0 Å². The van der Waals surface area contributed by atoms with Crippen LogP contribution in [0.2, 0.25) is 5.02 Å². The van der Waals surface area contributed by atoms with Gasteiger partial charge in [0.05, 0.1) is 17.6 Å². The Morgan fingerprint density at radius 1 is 1.16 bits per heavy atom. The predicted octanol–water partition coefficient (Wildman–Crippen LogP) is 4.15. The predicted molar refractivity (Wildman–Crippen MR) is 124 cm³/mol. The number of aromatic nitrogens is 1. The number of aryl methyl sites for hydroxylation is 1. The fraction of sp³-hybridized carbons (Fsp3) is 0.478. The van der Waals surface area contributed by atoms with E-state index in [1.807, 2.05) is 18.3 Å². The number of carbonyl (C=O) groups is 1. The molecule has 1 N–H and O–H groups in total. The van der Waals surface area contributed by atoms with Crippen molar-refractivity contribution in [1.82, 2.24) is 9.71 Å². The summed E-state index contributed by atoms with van der Waals surface area (Å²) in [4.78, 5) is 16.0. The Kier molecular flexibility index (Phi) is 11.7. The number of benzene rings is 1. The van der Waals surface area contributed by atoms with Gasteiger partial charge in [-0.05, 0) is 74.9 Å². The molecule has 9 heteroatoms. The van der Waals surface area contributed by atoms with Crippen LogP contribution in [0.25, 0.3) is 0 Å². The Balaban J connectivity index is 1.76. The van der Waals surface area contributed by atoms with Crippen LogP contribution in [0.1, 0.15) is 44.6 Å². The number of hydrogen-bond donors (Lipinski definition) is 1. The Bertz CT molecular complexity index is 908. The third-order valence-corrected chi connectivity index (χ3v) is 6.51. The molecule has 2 aromatic rings. The molecular formula is C23H31ClN2O5S. The maximum Gasteiger partial charge on any atom is 0.305 e. The summed E-state index contributed by atoms with van der Waals surface area (Å²) in [5.41, 5.74) is 1.16. The van der Waals surface area contributed by atoms with E-state index < -0.39 is 10.0 Å². The lowest BCUT2D eigenvalue weighted by Crippen LogP contribution is -2.26. The number of ether oxygens (including phenoxy) is 2. The van der Waals surface area contributed by atoms with Gasteiger partial charge in [0.2, 0.25) is 10.0 Å². The number of sulfonamides is 1. The van der Waals surface area contributed by atoms with Crippen LogP contribution in [0.5, 0.6) is 0 Å². The van der Waals surface area contributed by atoms with Crippen molar-refractivity contribution >= 4 is 27.6 Å². The van der Waals surface area contributed by atoms with Gasteiger partial charge in [-0.2, -0.15) is 0 Å². The Morgan fingerprint density at radius 2 is 1.94 bits per heavy atom. The summed E-state index contributed by atoms with van der Waals surface area (Å²) in [7, 11) is -3.58. The minimum absolute atomic E-state index is 0.0936. The Hall–Kier alpha value is -2.00. The molecule has 0 aliphatic rings. The molecule has 0 amide bonds. The van der Waals surface area contributed by atoms with Crippen LogP contribution in [-0.2, 0) is 30.7 Å². The van der Waals surface area contributed by atoms with Crippen LogP contribution in [0.3, 0.4) is 0 Å². The molecule has 1 atom stereocenters. The van der Waals surface area contributed by atoms with Crippen molar-refractivity contribution in [2.45, 2.75) is 56.4 Å². The maximum absolute atomic E-state index is 12.3. The van der Waals surface area contributed by atoms with Gasteiger partial charge in [0.1, 0.15) is 0 Å². The van der Waals surface area contributed by atoms with Gasteiger partial charge in [-0.3, -0.25) is 9.78 Å². The van der Waals surface area contributed by atoms with E-state index in [9.17, 15) is 13.2 Å². The lowest BCUT2D eigenvalue weighted by Gasteiger charge is -2.18. The highest BCUT2D eigenvalue weighted by molar-refractivity contribution is 7.89. The van der Waals surface area contributed by atoms with Crippen molar-refractivity contribution in [3.05, 3.63) is 59.4 Å². The molecule has 0 bridgehead atoms. The molecular weight excluding hydrogens is 452 g/mol. The van der Waals surface area contributed by atoms with E-state index in [1.165, 1.54) is 12.1 Å². The molecule has 0 spiro atoms. The number of esters is 1. The largest absolute Gasteiger partial charge is 0.466 e. The first-order valence-corrected chi connectivity index (χ1v) is 12.7. The van der Waals surface area contributed by atoms with Gasteiger partial charge < -0.3 is 9.47 Å². The summed E-state index contributed by atoms with van der Waals surface area (Å²) in [5.74, 6) is -0.232. The van der Waals surface area contributed by atoms with Crippen LogP contribution in [0.15, 0.2) is 53.7 Å². The van der Waals surface area contributed by atoms with Gasteiger partial charge in [0, 0.05) is 37.0 Å². The smallest absolute Gasteiger partial charge is 0.305 e. The highest BCUT2D eigenvalue weighted by Gasteiger charge is 2.15. The zero-order valence-corrected chi connectivity index (χ0v) is 19.9. The molecule has 0 radical (unpaired) electrons. The summed E-state index contributed by atoms with van der Waals surface area (Å²) < 4.78 is 38.2. The number of hydrogen-bond acceptors (Lipinski definition) is 6. The van der Waals surface area contributed by atoms with E-state index in [0.29, 0.717) is 37.5 Å². The fourth-order valence-corrected chi connectivity index (χ4v) is 4.33. The molecule has 0 aliphatic carbocycles. The molecule has 0 fully saturated rings. The number of rotatable bonds is 15. The van der Waals surface area contributed by atoms with Gasteiger partial charge in [-0.25, -0.2) is 13.1 Å². The Morgan fingerprint density at radius 3 is 2.62 bits per heavy atom. The van der Waals surface area contributed by atoms with Crippen LogP contribution < -0.4 is 4.72 Å². The number of nitrogens with zero attached hydrogens (tertiary/aromatic N) is 1. The highest BCUT2D eigenvalue weighted by atomic mass is 35.5. The van der Waals surface area contributed by atoms with E-state index in [1.54, 1.807) is 25.3 Å². The third kappa shape index (κ3) is 10.1. The second-order valence-electron chi connectivity index (χ2n) is 7.30. The summed E-state index contributed by atoms with van der Waals surface area (Å²) in [6.45, 7) is 2.79. The third-order valence-electron chi connectivity index (χ3n) is 4.78. The lowest BCUT2D eigenvalue weighted by atomic mass is 10.0. The first-order valence-electron chi connectivity index (χ1n) is 10.8. The average molecular weight is 483 g/mol. The summed E-state index contributed by atoms with van der Waals surface area (Å²) in [6, 6.07) is 9.96. The first kappa shape index (κ1) is 26.3. The van der Waals surface area contributed by atoms with E-state index in [0.717, 1.165) is 24.8 Å². The number of nitrogens with one attached hydrogen (secondary N) is 1. The molecule has 0 aliphatic heterocycles. The van der Waals surface area contributed by atoms with Gasteiger partial charge in [-0.1, -0.05) is 17.7 Å². The van der Waals surface area contributed by atoms with E-state index >= 15 is 0 Å². The molecule has 0 saturated carbocycles. The molecule has 2 rings (SSSR count).